The minimum absolute atomic E-state index is 0.0821. The third-order valence-corrected chi connectivity index (χ3v) is 8.52. The molecular formula is C36H39O7P. The molecule has 5 rings (SSSR count). The number of hydrogen-bond donors (Lipinski definition) is 0. The van der Waals surface area contributed by atoms with E-state index in [0.717, 1.165) is 17.5 Å². The van der Waals surface area contributed by atoms with Gasteiger partial charge in [0.05, 0.1) is 19.3 Å². The maximum Gasteiger partial charge on any atom is 0.649 e. The van der Waals surface area contributed by atoms with Gasteiger partial charge in [-0.2, -0.15) is 4.57 Å². The van der Waals surface area contributed by atoms with Crippen LogP contribution in [0.25, 0.3) is 0 Å². The average Bonchev–Trinajstić information content (AvgIpc) is 3.19. The van der Waals surface area contributed by atoms with E-state index in [0.29, 0.717) is 50.6 Å². The molecule has 0 spiro atoms. The molecule has 0 fully saturated rings. The number of allylic oxidation sites excluding steroid dienone is 1. The maximum atomic E-state index is 14.1. The van der Waals surface area contributed by atoms with Crippen molar-refractivity contribution in [2.45, 2.75) is 57.5 Å². The van der Waals surface area contributed by atoms with Crippen LogP contribution >= 0.6 is 7.82 Å². The Balaban J connectivity index is 1.31. The zero-order chi connectivity index (χ0) is 30.5. The van der Waals surface area contributed by atoms with E-state index in [-0.39, 0.29) is 12.0 Å². The summed E-state index contributed by atoms with van der Waals surface area (Å²) in [5, 5.41) is 0. The van der Waals surface area contributed by atoms with Gasteiger partial charge in [0.2, 0.25) is 0 Å². The lowest BCUT2D eigenvalue weighted by Gasteiger charge is -2.37. The monoisotopic (exact) mass is 614 g/mol. The summed E-state index contributed by atoms with van der Waals surface area (Å²) in [6.07, 6.45) is 4.13. The predicted octanol–water partition coefficient (Wildman–Crippen LogP) is 9.26. The molecule has 0 saturated heterocycles. The molecule has 0 radical (unpaired) electrons. The molecule has 0 saturated carbocycles. The number of para-hydroxylation sites is 2. The fourth-order valence-electron chi connectivity index (χ4n) is 4.97. The van der Waals surface area contributed by atoms with Crippen molar-refractivity contribution in [1.29, 1.82) is 0 Å². The van der Waals surface area contributed by atoms with Crippen LogP contribution in [-0.2, 0) is 36.5 Å². The SMILES string of the molecule is C[C@@]1(CCCOCc2ccccc2)OC(OP(=O)(Oc2ccccc2)Oc2ccccc2)=CCC[C@H]1OCc1ccccc1. The van der Waals surface area contributed by atoms with Gasteiger partial charge in [-0.25, -0.2) is 0 Å². The highest BCUT2D eigenvalue weighted by atomic mass is 31.2. The largest absolute Gasteiger partial charge is 0.649 e. The highest BCUT2D eigenvalue weighted by molar-refractivity contribution is 7.49. The summed E-state index contributed by atoms with van der Waals surface area (Å²) >= 11 is 0. The Morgan fingerprint density at radius 2 is 1.25 bits per heavy atom. The van der Waals surface area contributed by atoms with Crippen molar-refractivity contribution in [2.24, 2.45) is 0 Å². The number of benzene rings is 4. The standard InChI is InChI=1S/C36H39O7P/c1-36(26-15-27-38-28-30-16-6-2-7-17-30)34(39-29-31-18-8-3-9-19-31)24-14-25-35(40-36)43-44(37,41-32-20-10-4-11-21-32)42-33-22-12-5-13-23-33/h2-13,16-23,25,34H,14-15,24,26-29H2,1H3/t34-,36+/m1/s1. The number of phosphoric acid groups is 1. The van der Waals surface area contributed by atoms with Crippen LogP contribution in [0.1, 0.15) is 43.7 Å². The Bertz CT molecular complexity index is 1440. The van der Waals surface area contributed by atoms with Crippen molar-refractivity contribution in [3.8, 4) is 11.5 Å². The zero-order valence-corrected chi connectivity index (χ0v) is 25.9. The van der Waals surface area contributed by atoms with Crippen molar-refractivity contribution in [3.05, 3.63) is 144 Å². The first kappa shape index (κ1) is 31.4. The molecule has 2 atom stereocenters. The second-order valence-electron chi connectivity index (χ2n) is 10.8. The van der Waals surface area contributed by atoms with Gasteiger partial charge in [0.1, 0.15) is 17.1 Å². The highest BCUT2D eigenvalue weighted by Crippen LogP contribution is 2.52. The molecule has 8 heteroatoms. The van der Waals surface area contributed by atoms with Gasteiger partial charge in [0.25, 0.3) is 5.95 Å². The fraction of sp³-hybridized carbons (Fsp3) is 0.278. The third-order valence-electron chi connectivity index (χ3n) is 7.24. The van der Waals surface area contributed by atoms with Crippen LogP contribution in [0.15, 0.2) is 133 Å². The molecule has 0 bridgehead atoms. The van der Waals surface area contributed by atoms with Gasteiger partial charge in [-0.05, 0) is 74.1 Å². The molecule has 0 aliphatic carbocycles. The van der Waals surface area contributed by atoms with Crippen molar-refractivity contribution >= 4 is 7.82 Å². The van der Waals surface area contributed by atoms with E-state index < -0.39 is 13.4 Å². The van der Waals surface area contributed by atoms with Gasteiger partial charge >= 0.3 is 7.82 Å². The third kappa shape index (κ3) is 9.48. The highest BCUT2D eigenvalue weighted by Gasteiger charge is 2.42. The van der Waals surface area contributed by atoms with E-state index in [4.69, 9.17) is 27.8 Å². The number of phosphoric ester groups is 1. The van der Waals surface area contributed by atoms with Crippen LogP contribution in [0.4, 0.5) is 0 Å². The normalized spacial score (nSPS) is 18.4. The Labute approximate surface area is 260 Å². The summed E-state index contributed by atoms with van der Waals surface area (Å²) in [7, 11) is -4.22. The second kappa shape index (κ2) is 15.6. The van der Waals surface area contributed by atoms with Crippen molar-refractivity contribution in [3.63, 3.8) is 0 Å². The molecule has 1 heterocycles. The van der Waals surface area contributed by atoms with Gasteiger partial charge in [0.15, 0.2) is 0 Å². The molecule has 4 aromatic carbocycles. The van der Waals surface area contributed by atoms with Crippen LogP contribution in [-0.4, -0.2) is 18.3 Å². The van der Waals surface area contributed by atoms with E-state index in [9.17, 15) is 4.57 Å². The van der Waals surface area contributed by atoms with Crippen LogP contribution in [0.3, 0.4) is 0 Å². The van der Waals surface area contributed by atoms with E-state index >= 15 is 0 Å². The molecular weight excluding hydrogens is 575 g/mol. The molecule has 7 nitrogen and oxygen atoms in total. The first-order valence-corrected chi connectivity index (χ1v) is 16.4. The van der Waals surface area contributed by atoms with Gasteiger partial charge in [-0.3, -0.25) is 0 Å². The Morgan fingerprint density at radius 1 is 0.727 bits per heavy atom. The lowest BCUT2D eigenvalue weighted by molar-refractivity contribution is -0.142. The average molecular weight is 615 g/mol. The molecule has 1 aliphatic rings. The van der Waals surface area contributed by atoms with Crippen molar-refractivity contribution in [1.82, 2.24) is 0 Å². The summed E-state index contributed by atoms with van der Waals surface area (Å²) in [5.41, 5.74) is 1.39. The zero-order valence-electron chi connectivity index (χ0n) is 25.0. The van der Waals surface area contributed by atoms with Gasteiger partial charge < -0.3 is 27.8 Å². The summed E-state index contributed by atoms with van der Waals surface area (Å²) in [6.45, 7) is 3.53. The summed E-state index contributed by atoms with van der Waals surface area (Å²) in [6, 6.07) is 37.8. The van der Waals surface area contributed by atoms with Gasteiger partial charge in [0, 0.05) is 6.61 Å². The first-order valence-electron chi connectivity index (χ1n) is 14.9. The van der Waals surface area contributed by atoms with Gasteiger partial charge in [-0.15, -0.1) is 0 Å². The molecule has 4 aromatic rings. The molecule has 44 heavy (non-hydrogen) atoms. The lowest BCUT2D eigenvalue weighted by Crippen LogP contribution is -2.43. The lowest BCUT2D eigenvalue weighted by atomic mass is 9.90. The second-order valence-corrected chi connectivity index (χ2v) is 12.2. The maximum absolute atomic E-state index is 14.1. The summed E-state index contributed by atoms with van der Waals surface area (Å²) in [4.78, 5) is 0. The van der Waals surface area contributed by atoms with E-state index in [1.54, 1.807) is 54.6 Å². The van der Waals surface area contributed by atoms with Crippen molar-refractivity contribution < 1.29 is 32.3 Å². The fourth-order valence-corrected chi connectivity index (χ4v) is 6.17. The van der Waals surface area contributed by atoms with Crippen LogP contribution in [0.5, 0.6) is 11.5 Å². The topological polar surface area (TPSA) is 72.5 Å². The van der Waals surface area contributed by atoms with Crippen molar-refractivity contribution in [2.75, 3.05) is 6.61 Å². The molecule has 0 aromatic heterocycles. The molecule has 0 N–H and O–H groups in total. The molecule has 230 valence electrons. The summed E-state index contributed by atoms with van der Waals surface area (Å²) in [5.74, 6) is 0.783. The first-order chi connectivity index (χ1) is 21.5. The summed E-state index contributed by atoms with van der Waals surface area (Å²) < 4.78 is 50.8. The molecule has 0 amide bonds. The molecule has 1 aliphatic heterocycles. The van der Waals surface area contributed by atoms with Crippen LogP contribution in [0, 0.1) is 0 Å². The Hall–Kier alpha value is -4.03. The van der Waals surface area contributed by atoms with E-state index in [1.807, 2.05) is 79.7 Å². The number of ether oxygens (including phenoxy) is 3. The Morgan fingerprint density at radius 3 is 1.82 bits per heavy atom. The quantitative estimate of drug-likeness (QED) is 0.0976. The predicted molar refractivity (Wildman–Crippen MR) is 170 cm³/mol. The number of rotatable bonds is 15. The Kier molecular flexibility index (Phi) is 11.1. The van der Waals surface area contributed by atoms with E-state index in [2.05, 4.69) is 0 Å². The molecule has 0 unspecified atom stereocenters. The minimum atomic E-state index is -4.22. The van der Waals surface area contributed by atoms with Gasteiger partial charge in [-0.1, -0.05) is 97.1 Å². The van der Waals surface area contributed by atoms with E-state index in [1.165, 1.54) is 0 Å². The smallest absolute Gasteiger partial charge is 0.456 e. The number of hydrogen-bond acceptors (Lipinski definition) is 7. The van der Waals surface area contributed by atoms with Crippen LogP contribution in [0.2, 0.25) is 0 Å². The minimum Gasteiger partial charge on any atom is -0.456 e. The van der Waals surface area contributed by atoms with Crippen LogP contribution < -0.4 is 9.05 Å².